The molecule has 0 saturated carbocycles. The van der Waals surface area contributed by atoms with Crippen molar-refractivity contribution in [1.29, 1.82) is 0 Å². The highest BCUT2D eigenvalue weighted by atomic mass is 16.5. The van der Waals surface area contributed by atoms with Crippen LogP contribution in [0.25, 0.3) is 0 Å². The molecule has 4 nitrogen and oxygen atoms in total. The van der Waals surface area contributed by atoms with Crippen molar-refractivity contribution in [2.75, 3.05) is 13.2 Å². The van der Waals surface area contributed by atoms with Gasteiger partial charge in [-0.15, -0.1) is 0 Å². The fraction of sp³-hybridized carbons (Fsp3) is 0.316. The van der Waals surface area contributed by atoms with Crippen molar-refractivity contribution in [3.8, 4) is 0 Å². The molecule has 0 aromatic heterocycles. The molecular weight excluding hydrogens is 292 g/mol. The standard InChI is InChI=1S/C17H18O2.C2H6O2/c1-13(2)19-17(15-11-7-4-8-12-15)16(18)14-9-5-3-6-10-14;3-1-2-4/h3-13,17H,1-2H3;3-4H,1-2H2. The van der Waals surface area contributed by atoms with Crippen LogP contribution in [0, 0.1) is 0 Å². The van der Waals surface area contributed by atoms with Gasteiger partial charge in [-0.2, -0.15) is 0 Å². The monoisotopic (exact) mass is 316 g/mol. The van der Waals surface area contributed by atoms with Gasteiger partial charge in [0, 0.05) is 5.56 Å². The van der Waals surface area contributed by atoms with E-state index < -0.39 is 6.10 Å². The van der Waals surface area contributed by atoms with Gasteiger partial charge in [0.25, 0.3) is 0 Å². The third-order valence-electron chi connectivity index (χ3n) is 2.91. The molecule has 0 fully saturated rings. The summed E-state index contributed by atoms with van der Waals surface area (Å²) in [4.78, 5) is 12.6. The molecule has 0 radical (unpaired) electrons. The van der Waals surface area contributed by atoms with Crippen LogP contribution in [0.3, 0.4) is 0 Å². The zero-order valence-corrected chi connectivity index (χ0v) is 13.6. The van der Waals surface area contributed by atoms with Crippen LogP contribution in [0.2, 0.25) is 0 Å². The number of aliphatic hydroxyl groups excluding tert-OH is 2. The van der Waals surface area contributed by atoms with E-state index in [4.69, 9.17) is 14.9 Å². The van der Waals surface area contributed by atoms with Crippen molar-refractivity contribution in [2.24, 2.45) is 0 Å². The summed E-state index contributed by atoms with van der Waals surface area (Å²) < 4.78 is 5.80. The maximum atomic E-state index is 12.6. The Morgan fingerprint density at radius 2 is 1.39 bits per heavy atom. The van der Waals surface area contributed by atoms with Gasteiger partial charge in [0.2, 0.25) is 0 Å². The molecule has 0 heterocycles. The van der Waals surface area contributed by atoms with Gasteiger partial charge in [-0.25, -0.2) is 0 Å². The molecule has 2 N–H and O–H groups in total. The van der Waals surface area contributed by atoms with Crippen molar-refractivity contribution in [1.82, 2.24) is 0 Å². The minimum atomic E-state index is -0.538. The minimum absolute atomic E-state index is 0.000463. The SMILES string of the molecule is CC(C)OC(C(=O)c1ccccc1)c1ccccc1.OCCO. The zero-order chi connectivity index (χ0) is 17.1. The Bertz CT molecular complexity index is 550. The molecule has 0 aliphatic rings. The second-order valence-electron chi connectivity index (χ2n) is 5.15. The van der Waals surface area contributed by atoms with Crippen LogP contribution in [-0.4, -0.2) is 35.3 Å². The molecule has 2 rings (SSSR count). The fourth-order valence-corrected chi connectivity index (χ4v) is 1.95. The molecule has 1 unspecified atom stereocenters. The summed E-state index contributed by atoms with van der Waals surface area (Å²) in [6.07, 6.45) is -0.540. The lowest BCUT2D eigenvalue weighted by Crippen LogP contribution is -2.19. The van der Waals surface area contributed by atoms with E-state index >= 15 is 0 Å². The molecule has 2 aromatic carbocycles. The van der Waals surface area contributed by atoms with Crippen LogP contribution >= 0.6 is 0 Å². The lowest BCUT2D eigenvalue weighted by molar-refractivity contribution is 0.0114. The van der Waals surface area contributed by atoms with Crippen LogP contribution in [0.4, 0.5) is 0 Å². The molecular formula is C19H24O4. The molecule has 0 spiro atoms. The number of aliphatic hydroxyl groups is 2. The van der Waals surface area contributed by atoms with Crippen molar-refractivity contribution < 1.29 is 19.7 Å². The molecule has 0 aliphatic heterocycles. The summed E-state index contributed by atoms with van der Waals surface area (Å²) in [6, 6.07) is 18.9. The van der Waals surface area contributed by atoms with Crippen molar-refractivity contribution in [3.05, 3.63) is 71.8 Å². The molecule has 0 amide bonds. The van der Waals surface area contributed by atoms with E-state index in [0.717, 1.165) is 5.56 Å². The number of hydrogen-bond acceptors (Lipinski definition) is 4. The quantitative estimate of drug-likeness (QED) is 0.804. The average Bonchev–Trinajstić information content (AvgIpc) is 2.60. The average molecular weight is 316 g/mol. The fourth-order valence-electron chi connectivity index (χ4n) is 1.95. The lowest BCUT2D eigenvalue weighted by atomic mass is 9.99. The van der Waals surface area contributed by atoms with Gasteiger partial charge in [0.05, 0.1) is 19.3 Å². The highest BCUT2D eigenvalue weighted by Crippen LogP contribution is 2.23. The van der Waals surface area contributed by atoms with Crippen LogP contribution < -0.4 is 0 Å². The molecule has 1 atom stereocenters. The topological polar surface area (TPSA) is 66.8 Å². The summed E-state index contributed by atoms with van der Waals surface area (Å²) in [5, 5.41) is 15.2. The van der Waals surface area contributed by atoms with Gasteiger partial charge >= 0.3 is 0 Å². The number of benzene rings is 2. The Morgan fingerprint density at radius 3 is 1.83 bits per heavy atom. The summed E-state index contributed by atoms with van der Waals surface area (Å²) in [5.74, 6) is 0.000463. The normalized spacial score (nSPS) is 11.5. The van der Waals surface area contributed by atoms with E-state index in [1.807, 2.05) is 74.5 Å². The summed E-state index contributed by atoms with van der Waals surface area (Å²) in [5.41, 5.74) is 1.57. The van der Waals surface area contributed by atoms with Crippen molar-refractivity contribution in [3.63, 3.8) is 0 Å². The van der Waals surface area contributed by atoms with E-state index in [9.17, 15) is 4.79 Å². The molecule has 23 heavy (non-hydrogen) atoms. The summed E-state index contributed by atoms with van der Waals surface area (Å²) in [7, 11) is 0. The highest BCUT2D eigenvalue weighted by Gasteiger charge is 2.23. The molecule has 124 valence electrons. The Morgan fingerprint density at radius 1 is 0.913 bits per heavy atom. The molecule has 2 aromatic rings. The smallest absolute Gasteiger partial charge is 0.196 e. The first-order valence-electron chi connectivity index (χ1n) is 7.61. The number of Topliss-reactive ketones (excluding diaryl/α,β-unsaturated/α-hetero) is 1. The van der Waals surface area contributed by atoms with E-state index in [-0.39, 0.29) is 25.1 Å². The number of carbonyl (C=O) groups excluding carboxylic acids is 1. The minimum Gasteiger partial charge on any atom is -0.394 e. The molecule has 4 heteroatoms. The van der Waals surface area contributed by atoms with Gasteiger partial charge in [0.15, 0.2) is 5.78 Å². The van der Waals surface area contributed by atoms with Gasteiger partial charge < -0.3 is 14.9 Å². The van der Waals surface area contributed by atoms with Crippen LogP contribution in [0.5, 0.6) is 0 Å². The number of ketones is 1. The number of carbonyl (C=O) groups is 1. The Labute approximate surface area is 137 Å². The Hall–Kier alpha value is -2.01. The van der Waals surface area contributed by atoms with E-state index in [1.54, 1.807) is 0 Å². The first-order valence-corrected chi connectivity index (χ1v) is 7.61. The van der Waals surface area contributed by atoms with Gasteiger partial charge in [-0.05, 0) is 19.4 Å². The third-order valence-corrected chi connectivity index (χ3v) is 2.91. The third kappa shape index (κ3) is 6.74. The van der Waals surface area contributed by atoms with Crippen LogP contribution in [0.15, 0.2) is 60.7 Å². The second kappa shape index (κ2) is 10.7. The Balaban J connectivity index is 0.000000593. The first-order chi connectivity index (χ1) is 11.1. The van der Waals surface area contributed by atoms with E-state index in [2.05, 4.69) is 0 Å². The molecule has 0 bridgehead atoms. The summed E-state index contributed by atoms with van der Waals surface area (Å²) >= 11 is 0. The van der Waals surface area contributed by atoms with Gasteiger partial charge in [-0.3, -0.25) is 4.79 Å². The van der Waals surface area contributed by atoms with Crippen LogP contribution in [-0.2, 0) is 4.74 Å². The molecule has 0 saturated heterocycles. The molecule has 0 aliphatic carbocycles. The van der Waals surface area contributed by atoms with Gasteiger partial charge in [-0.1, -0.05) is 60.7 Å². The lowest BCUT2D eigenvalue weighted by Gasteiger charge is -2.19. The van der Waals surface area contributed by atoms with E-state index in [1.165, 1.54) is 0 Å². The number of ether oxygens (including phenoxy) is 1. The number of rotatable bonds is 6. The maximum Gasteiger partial charge on any atom is 0.196 e. The van der Waals surface area contributed by atoms with Crippen LogP contribution in [0.1, 0.15) is 35.9 Å². The Kier molecular flexibility index (Phi) is 8.83. The van der Waals surface area contributed by atoms with Crippen molar-refractivity contribution in [2.45, 2.75) is 26.1 Å². The van der Waals surface area contributed by atoms with E-state index in [0.29, 0.717) is 5.56 Å². The largest absolute Gasteiger partial charge is 0.394 e. The van der Waals surface area contributed by atoms with Crippen molar-refractivity contribution >= 4 is 5.78 Å². The first kappa shape index (κ1) is 19.0. The zero-order valence-electron chi connectivity index (χ0n) is 13.6. The predicted octanol–water partition coefficient (Wildman–Crippen LogP) is 3.01. The number of hydrogen-bond donors (Lipinski definition) is 2. The second-order valence-corrected chi connectivity index (χ2v) is 5.15. The van der Waals surface area contributed by atoms with Gasteiger partial charge in [0.1, 0.15) is 6.10 Å². The maximum absolute atomic E-state index is 12.6. The summed E-state index contributed by atoms with van der Waals surface area (Å²) in [6.45, 7) is 3.63. The predicted molar refractivity (Wildman–Crippen MR) is 90.3 cm³/mol. The highest BCUT2D eigenvalue weighted by molar-refractivity contribution is 6.00.